The first-order chi connectivity index (χ1) is 11.4. The second-order valence-electron chi connectivity index (χ2n) is 5.18. The van der Waals surface area contributed by atoms with Gasteiger partial charge < -0.3 is 5.11 Å². The third-order valence-electron chi connectivity index (χ3n) is 3.43. The largest absolute Gasteiger partial charge is 0.506 e. The van der Waals surface area contributed by atoms with Gasteiger partial charge >= 0.3 is 0 Å². The lowest BCUT2D eigenvalue weighted by Gasteiger charge is -2.14. The molecule has 1 fully saturated rings. The molecule has 24 heavy (non-hydrogen) atoms. The lowest BCUT2D eigenvalue weighted by molar-refractivity contribution is -0.113. The lowest BCUT2D eigenvalue weighted by atomic mass is 10.2. The maximum Gasteiger partial charge on any atom is 0.270 e. The molecular formula is C17H11Br2NO2S2. The van der Waals surface area contributed by atoms with Gasteiger partial charge in [-0.1, -0.05) is 57.6 Å². The summed E-state index contributed by atoms with van der Waals surface area (Å²) >= 11 is 13.3. The quantitative estimate of drug-likeness (QED) is 0.442. The van der Waals surface area contributed by atoms with E-state index >= 15 is 0 Å². The molecule has 1 heterocycles. The monoisotopic (exact) mass is 483 g/mol. The first-order valence-electron chi connectivity index (χ1n) is 6.89. The summed E-state index contributed by atoms with van der Waals surface area (Å²) in [5.74, 6) is -0.108. The number of thiocarbonyl (C=S) groups is 1. The zero-order chi connectivity index (χ0) is 17.4. The number of carbonyl (C=O) groups excluding carboxylic acids is 1. The number of anilines is 1. The van der Waals surface area contributed by atoms with Crippen molar-refractivity contribution < 1.29 is 9.90 Å². The molecule has 1 aliphatic rings. The van der Waals surface area contributed by atoms with E-state index < -0.39 is 0 Å². The van der Waals surface area contributed by atoms with E-state index in [1.807, 2.05) is 31.2 Å². The summed E-state index contributed by atoms with van der Waals surface area (Å²) < 4.78 is 1.83. The van der Waals surface area contributed by atoms with E-state index in [9.17, 15) is 9.90 Å². The molecule has 0 saturated carbocycles. The Kier molecular flexibility index (Phi) is 5.15. The van der Waals surface area contributed by atoms with Crippen molar-refractivity contribution in [3.8, 4) is 5.75 Å². The molecule has 0 radical (unpaired) electrons. The third-order valence-corrected chi connectivity index (χ3v) is 5.79. The number of aromatic hydroxyl groups is 1. The zero-order valence-corrected chi connectivity index (χ0v) is 17.2. The molecule has 0 aromatic heterocycles. The maximum absolute atomic E-state index is 12.7. The highest BCUT2D eigenvalue weighted by molar-refractivity contribution is 9.11. The molecule has 2 aromatic rings. The zero-order valence-electron chi connectivity index (χ0n) is 12.4. The molecule has 1 amide bonds. The number of aryl methyl sites for hydroxylation is 1. The number of halogens is 2. The number of hydrogen-bond donors (Lipinski definition) is 1. The highest BCUT2D eigenvalue weighted by Crippen LogP contribution is 2.39. The third kappa shape index (κ3) is 3.44. The van der Waals surface area contributed by atoms with E-state index in [1.54, 1.807) is 18.2 Å². The molecule has 1 saturated heterocycles. The first kappa shape index (κ1) is 17.7. The van der Waals surface area contributed by atoms with Crippen LogP contribution in [0.25, 0.3) is 6.08 Å². The minimum Gasteiger partial charge on any atom is -0.506 e. The number of amides is 1. The molecule has 122 valence electrons. The minimum atomic E-state index is -0.190. The Hall–Kier alpha value is -1.15. The van der Waals surface area contributed by atoms with Crippen molar-refractivity contribution >= 4 is 77.8 Å². The van der Waals surface area contributed by atoms with Crippen LogP contribution in [0.3, 0.4) is 0 Å². The van der Waals surface area contributed by atoms with Crippen LogP contribution in [0.1, 0.15) is 11.1 Å². The average Bonchev–Trinajstić information content (AvgIpc) is 2.80. The average molecular weight is 485 g/mol. The van der Waals surface area contributed by atoms with Crippen LogP contribution in [-0.4, -0.2) is 15.3 Å². The number of nitrogens with zero attached hydrogens (tertiary/aromatic N) is 1. The van der Waals surface area contributed by atoms with Crippen LogP contribution < -0.4 is 4.90 Å². The van der Waals surface area contributed by atoms with Gasteiger partial charge in [0, 0.05) is 10.0 Å². The fraction of sp³-hybridized carbons (Fsp3) is 0.0588. The van der Waals surface area contributed by atoms with Gasteiger partial charge in [-0.2, -0.15) is 0 Å². The van der Waals surface area contributed by atoms with Crippen LogP contribution in [0.2, 0.25) is 0 Å². The molecular weight excluding hydrogens is 474 g/mol. The highest BCUT2D eigenvalue weighted by Gasteiger charge is 2.33. The van der Waals surface area contributed by atoms with E-state index in [0.717, 1.165) is 15.7 Å². The van der Waals surface area contributed by atoms with Crippen LogP contribution in [0.5, 0.6) is 5.75 Å². The number of rotatable bonds is 2. The normalized spacial score (nSPS) is 16.3. The fourth-order valence-electron chi connectivity index (χ4n) is 2.22. The standard InChI is InChI=1S/C17H11Br2NO2S2/c1-9-2-4-12(5-3-9)20-16(22)14(24-17(20)23)7-10-6-11(18)8-13(19)15(10)21/h2-8,21H,1H3/b14-7-. The second kappa shape index (κ2) is 7.00. The van der Waals surface area contributed by atoms with Gasteiger partial charge in [-0.25, -0.2) is 0 Å². The molecule has 7 heteroatoms. The summed E-state index contributed by atoms with van der Waals surface area (Å²) in [6, 6.07) is 11.1. The molecule has 0 bridgehead atoms. The number of phenolic OH excluding ortho intramolecular Hbond substituents is 1. The number of phenols is 1. The molecule has 3 rings (SSSR count). The molecule has 2 aromatic carbocycles. The molecule has 1 N–H and O–H groups in total. The number of carbonyl (C=O) groups is 1. The van der Waals surface area contributed by atoms with E-state index in [4.69, 9.17) is 12.2 Å². The van der Waals surface area contributed by atoms with E-state index in [1.165, 1.54) is 16.7 Å². The lowest BCUT2D eigenvalue weighted by Crippen LogP contribution is -2.27. The number of thioether (sulfide) groups is 1. The minimum absolute atomic E-state index is 0.0822. The van der Waals surface area contributed by atoms with Gasteiger partial charge in [0.15, 0.2) is 4.32 Å². The summed E-state index contributed by atoms with van der Waals surface area (Å²) in [7, 11) is 0. The van der Waals surface area contributed by atoms with Crippen molar-refractivity contribution in [3.05, 3.63) is 61.4 Å². The summed E-state index contributed by atoms with van der Waals surface area (Å²) in [4.78, 5) is 14.7. The van der Waals surface area contributed by atoms with Crippen molar-refractivity contribution in [2.24, 2.45) is 0 Å². The van der Waals surface area contributed by atoms with E-state index in [0.29, 0.717) is 19.3 Å². The second-order valence-corrected chi connectivity index (χ2v) is 8.62. The predicted octanol–water partition coefficient (Wildman–Crippen LogP) is 5.63. The molecule has 0 aliphatic carbocycles. The summed E-state index contributed by atoms with van der Waals surface area (Å²) in [6.45, 7) is 1.99. The van der Waals surface area contributed by atoms with Crippen molar-refractivity contribution in [3.63, 3.8) is 0 Å². The van der Waals surface area contributed by atoms with Crippen LogP contribution in [-0.2, 0) is 4.79 Å². The van der Waals surface area contributed by atoms with Gasteiger partial charge in [0.05, 0.1) is 15.1 Å². The Labute approximate surface area is 166 Å². The van der Waals surface area contributed by atoms with Gasteiger partial charge in [-0.05, 0) is 53.2 Å². The first-order valence-corrected chi connectivity index (χ1v) is 9.70. The molecule has 0 atom stereocenters. The Morgan fingerprint density at radius 1 is 1.21 bits per heavy atom. The summed E-state index contributed by atoms with van der Waals surface area (Å²) in [6.07, 6.45) is 1.65. The van der Waals surface area contributed by atoms with E-state index in [-0.39, 0.29) is 11.7 Å². The van der Waals surface area contributed by atoms with Crippen molar-refractivity contribution in [2.45, 2.75) is 6.92 Å². The van der Waals surface area contributed by atoms with E-state index in [2.05, 4.69) is 31.9 Å². The topological polar surface area (TPSA) is 40.5 Å². The van der Waals surface area contributed by atoms with Gasteiger partial charge in [-0.15, -0.1) is 0 Å². The van der Waals surface area contributed by atoms with Crippen LogP contribution in [0.4, 0.5) is 5.69 Å². The molecule has 1 aliphatic heterocycles. The van der Waals surface area contributed by atoms with Gasteiger partial charge in [-0.3, -0.25) is 9.69 Å². The Morgan fingerprint density at radius 2 is 1.88 bits per heavy atom. The van der Waals surface area contributed by atoms with Crippen LogP contribution in [0.15, 0.2) is 50.2 Å². The summed E-state index contributed by atoms with van der Waals surface area (Å²) in [5, 5.41) is 10.2. The SMILES string of the molecule is Cc1ccc(N2C(=O)/C(=C/c3cc(Br)cc(Br)c3O)SC2=S)cc1. The van der Waals surface area contributed by atoms with Crippen LogP contribution in [0, 0.1) is 6.92 Å². The van der Waals surface area contributed by atoms with Crippen molar-refractivity contribution in [1.29, 1.82) is 0 Å². The van der Waals surface area contributed by atoms with Gasteiger partial charge in [0.1, 0.15) is 5.75 Å². The highest BCUT2D eigenvalue weighted by atomic mass is 79.9. The molecule has 0 unspecified atom stereocenters. The van der Waals surface area contributed by atoms with Gasteiger partial charge in [0.25, 0.3) is 5.91 Å². The van der Waals surface area contributed by atoms with Crippen molar-refractivity contribution in [1.82, 2.24) is 0 Å². The summed E-state index contributed by atoms with van der Waals surface area (Å²) in [5.41, 5.74) is 2.40. The van der Waals surface area contributed by atoms with Gasteiger partial charge in [0.2, 0.25) is 0 Å². The Morgan fingerprint density at radius 3 is 2.54 bits per heavy atom. The van der Waals surface area contributed by atoms with Crippen LogP contribution >= 0.6 is 55.8 Å². The van der Waals surface area contributed by atoms with Crippen molar-refractivity contribution in [2.75, 3.05) is 4.90 Å². The number of hydrogen-bond acceptors (Lipinski definition) is 4. The fourth-order valence-corrected chi connectivity index (χ4v) is 4.77. The Balaban J connectivity index is 1.98. The number of benzene rings is 2. The molecule has 0 spiro atoms. The maximum atomic E-state index is 12.7. The molecule has 3 nitrogen and oxygen atoms in total. The Bertz CT molecular complexity index is 879. The predicted molar refractivity (Wildman–Crippen MR) is 110 cm³/mol. The smallest absolute Gasteiger partial charge is 0.270 e.